The number of imidazole rings is 1. The fourth-order valence-electron chi connectivity index (χ4n) is 1.57. The van der Waals surface area contributed by atoms with Gasteiger partial charge in [0.2, 0.25) is 5.95 Å². The molecule has 92 valence electrons. The van der Waals surface area contributed by atoms with E-state index in [-0.39, 0.29) is 6.04 Å². The van der Waals surface area contributed by atoms with Gasteiger partial charge in [0.25, 0.3) is 0 Å². The molecule has 4 nitrogen and oxygen atoms in total. The molecule has 0 bridgehead atoms. The molecule has 1 aromatic rings. The maximum atomic E-state index is 5.38. The van der Waals surface area contributed by atoms with Crippen LogP contribution in [0.3, 0.4) is 0 Å². The average Bonchev–Trinajstić information content (AvgIpc) is 2.56. The van der Waals surface area contributed by atoms with Crippen LogP contribution in [0.4, 0.5) is 5.95 Å². The smallest absolute Gasteiger partial charge is 0.203 e. The van der Waals surface area contributed by atoms with Crippen LogP contribution in [0.15, 0.2) is 6.20 Å². The van der Waals surface area contributed by atoms with E-state index in [1.807, 2.05) is 13.8 Å². The lowest BCUT2D eigenvalue weighted by Crippen LogP contribution is -2.24. The quantitative estimate of drug-likeness (QED) is 0.809. The Balaban J connectivity index is 2.65. The second-order valence-corrected chi connectivity index (χ2v) is 4.41. The van der Waals surface area contributed by atoms with Crippen molar-refractivity contribution in [2.24, 2.45) is 0 Å². The number of hydrogen-bond acceptors (Lipinski definition) is 3. The van der Waals surface area contributed by atoms with Crippen molar-refractivity contribution in [1.82, 2.24) is 9.55 Å². The SMILES string of the molecule is CCOCC(C)Nc1nc(C)cn1C(C)C. The normalized spacial score (nSPS) is 13.1. The summed E-state index contributed by atoms with van der Waals surface area (Å²) in [7, 11) is 0. The van der Waals surface area contributed by atoms with E-state index in [2.05, 4.69) is 41.8 Å². The summed E-state index contributed by atoms with van der Waals surface area (Å²) in [4.78, 5) is 4.48. The average molecular weight is 225 g/mol. The zero-order valence-corrected chi connectivity index (χ0v) is 10.9. The Morgan fingerprint density at radius 3 is 2.69 bits per heavy atom. The zero-order chi connectivity index (χ0) is 12.1. The first kappa shape index (κ1) is 13.0. The second-order valence-electron chi connectivity index (χ2n) is 4.41. The highest BCUT2D eigenvalue weighted by Gasteiger charge is 2.10. The van der Waals surface area contributed by atoms with Crippen molar-refractivity contribution < 1.29 is 4.74 Å². The van der Waals surface area contributed by atoms with Crippen LogP contribution >= 0.6 is 0 Å². The van der Waals surface area contributed by atoms with Crippen LogP contribution in [0.25, 0.3) is 0 Å². The molecule has 0 aliphatic carbocycles. The third-order valence-electron chi connectivity index (χ3n) is 2.36. The Morgan fingerprint density at radius 2 is 2.12 bits per heavy atom. The second kappa shape index (κ2) is 5.89. The van der Waals surface area contributed by atoms with E-state index in [1.165, 1.54) is 0 Å². The molecule has 1 atom stereocenters. The molecule has 0 saturated heterocycles. The molecule has 16 heavy (non-hydrogen) atoms. The number of ether oxygens (including phenoxy) is 1. The van der Waals surface area contributed by atoms with E-state index >= 15 is 0 Å². The first-order valence-corrected chi connectivity index (χ1v) is 5.94. The number of hydrogen-bond donors (Lipinski definition) is 1. The highest BCUT2D eigenvalue weighted by atomic mass is 16.5. The van der Waals surface area contributed by atoms with Gasteiger partial charge in [0, 0.05) is 24.9 Å². The monoisotopic (exact) mass is 225 g/mol. The largest absolute Gasteiger partial charge is 0.380 e. The Labute approximate surface area is 98.0 Å². The molecular formula is C12H23N3O. The fraction of sp³-hybridized carbons (Fsp3) is 0.750. The van der Waals surface area contributed by atoms with Gasteiger partial charge in [-0.3, -0.25) is 0 Å². The Morgan fingerprint density at radius 1 is 1.44 bits per heavy atom. The van der Waals surface area contributed by atoms with Crippen LogP contribution in [-0.4, -0.2) is 28.8 Å². The molecule has 0 spiro atoms. The molecule has 1 unspecified atom stereocenters. The third kappa shape index (κ3) is 3.52. The summed E-state index contributed by atoms with van der Waals surface area (Å²) in [6.45, 7) is 11.9. The first-order chi connectivity index (χ1) is 7.54. The summed E-state index contributed by atoms with van der Waals surface area (Å²) in [5.41, 5.74) is 1.04. The van der Waals surface area contributed by atoms with Crippen LogP contribution in [0.1, 0.15) is 39.4 Å². The van der Waals surface area contributed by atoms with Crippen molar-refractivity contribution in [3.05, 3.63) is 11.9 Å². The molecular weight excluding hydrogens is 202 g/mol. The van der Waals surface area contributed by atoms with Gasteiger partial charge in [0.1, 0.15) is 0 Å². The summed E-state index contributed by atoms with van der Waals surface area (Å²) in [5, 5.41) is 3.37. The first-order valence-electron chi connectivity index (χ1n) is 5.94. The number of anilines is 1. The maximum Gasteiger partial charge on any atom is 0.203 e. The van der Waals surface area contributed by atoms with E-state index in [1.54, 1.807) is 0 Å². The van der Waals surface area contributed by atoms with E-state index in [0.717, 1.165) is 18.2 Å². The highest BCUT2D eigenvalue weighted by molar-refractivity contribution is 5.30. The molecule has 1 rings (SSSR count). The lowest BCUT2D eigenvalue weighted by atomic mass is 10.3. The molecule has 1 aromatic heterocycles. The van der Waals surface area contributed by atoms with Crippen molar-refractivity contribution >= 4 is 5.95 Å². The van der Waals surface area contributed by atoms with Crippen LogP contribution in [0.2, 0.25) is 0 Å². The number of aryl methyl sites for hydroxylation is 1. The lowest BCUT2D eigenvalue weighted by Gasteiger charge is -2.17. The van der Waals surface area contributed by atoms with Gasteiger partial charge in [-0.25, -0.2) is 4.98 Å². The van der Waals surface area contributed by atoms with Gasteiger partial charge in [-0.1, -0.05) is 0 Å². The van der Waals surface area contributed by atoms with Gasteiger partial charge < -0.3 is 14.6 Å². The topological polar surface area (TPSA) is 39.1 Å². The van der Waals surface area contributed by atoms with E-state index in [4.69, 9.17) is 4.74 Å². The minimum absolute atomic E-state index is 0.277. The molecule has 0 fully saturated rings. The summed E-state index contributed by atoms with van der Waals surface area (Å²) < 4.78 is 7.53. The van der Waals surface area contributed by atoms with Crippen molar-refractivity contribution in [3.63, 3.8) is 0 Å². The van der Waals surface area contributed by atoms with Gasteiger partial charge in [-0.15, -0.1) is 0 Å². The van der Waals surface area contributed by atoms with E-state index in [0.29, 0.717) is 12.6 Å². The Kier molecular flexibility index (Phi) is 4.80. The van der Waals surface area contributed by atoms with Crippen LogP contribution in [0.5, 0.6) is 0 Å². The Bertz CT molecular complexity index is 320. The molecule has 0 aliphatic rings. The van der Waals surface area contributed by atoms with Crippen LogP contribution < -0.4 is 5.32 Å². The van der Waals surface area contributed by atoms with Gasteiger partial charge in [0.05, 0.1) is 12.3 Å². The molecule has 0 saturated carbocycles. The standard InChI is InChI=1S/C12H23N3O/c1-6-16-8-11(5)14-12-13-10(4)7-15(12)9(2)3/h7,9,11H,6,8H2,1-5H3,(H,13,14). The third-order valence-corrected chi connectivity index (χ3v) is 2.36. The van der Waals surface area contributed by atoms with E-state index in [9.17, 15) is 0 Å². The molecule has 1 heterocycles. The summed E-state index contributed by atoms with van der Waals surface area (Å²) in [5.74, 6) is 0.930. The summed E-state index contributed by atoms with van der Waals surface area (Å²) in [6.07, 6.45) is 2.07. The molecule has 0 radical (unpaired) electrons. The number of nitrogens with zero attached hydrogens (tertiary/aromatic N) is 2. The fourth-order valence-corrected chi connectivity index (χ4v) is 1.57. The Hall–Kier alpha value is -1.03. The molecule has 1 N–H and O–H groups in total. The summed E-state index contributed by atoms with van der Waals surface area (Å²) >= 11 is 0. The van der Waals surface area contributed by atoms with E-state index < -0.39 is 0 Å². The van der Waals surface area contributed by atoms with Gasteiger partial charge >= 0.3 is 0 Å². The van der Waals surface area contributed by atoms with Crippen molar-refractivity contribution in [1.29, 1.82) is 0 Å². The van der Waals surface area contributed by atoms with Crippen molar-refractivity contribution in [2.75, 3.05) is 18.5 Å². The number of aromatic nitrogens is 2. The predicted molar refractivity (Wildman–Crippen MR) is 66.9 cm³/mol. The van der Waals surface area contributed by atoms with Gasteiger partial charge in [-0.05, 0) is 34.6 Å². The molecule has 0 amide bonds. The van der Waals surface area contributed by atoms with Gasteiger partial charge in [0.15, 0.2) is 0 Å². The minimum Gasteiger partial charge on any atom is -0.380 e. The lowest BCUT2D eigenvalue weighted by molar-refractivity contribution is 0.141. The molecule has 0 aromatic carbocycles. The highest BCUT2D eigenvalue weighted by Crippen LogP contribution is 2.15. The van der Waals surface area contributed by atoms with Crippen LogP contribution in [0, 0.1) is 6.92 Å². The summed E-state index contributed by atoms with van der Waals surface area (Å²) in [6, 6.07) is 0.697. The van der Waals surface area contributed by atoms with Crippen molar-refractivity contribution in [3.8, 4) is 0 Å². The van der Waals surface area contributed by atoms with Crippen molar-refractivity contribution in [2.45, 2.75) is 46.7 Å². The van der Waals surface area contributed by atoms with Gasteiger partial charge in [-0.2, -0.15) is 0 Å². The maximum absolute atomic E-state index is 5.38. The van der Waals surface area contributed by atoms with Crippen LogP contribution in [-0.2, 0) is 4.74 Å². The molecule has 0 aliphatic heterocycles. The number of rotatable bonds is 6. The molecule has 4 heteroatoms. The number of nitrogens with one attached hydrogen (secondary N) is 1. The minimum atomic E-state index is 0.277. The zero-order valence-electron chi connectivity index (χ0n) is 10.9. The predicted octanol–water partition coefficient (Wildman–Crippen LogP) is 2.61.